The first kappa shape index (κ1) is 27.1. The molecule has 0 radical (unpaired) electrons. The molecular weight excluding hydrogens is 422 g/mol. The molecule has 6 heteroatoms. The number of hydrogen-bond acceptors (Lipinski definition) is 4. The summed E-state index contributed by atoms with van der Waals surface area (Å²) in [6, 6.07) is 12.7. The lowest BCUT2D eigenvalue weighted by atomic mass is 9.79. The van der Waals surface area contributed by atoms with Crippen molar-refractivity contribution < 1.29 is 15.0 Å². The van der Waals surface area contributed by atoms with E-state index in [-0.39, 0.29) is 10.8 Å². The van der Waals surface area contributed by atoms with Crippen molar-refractivity contribution in [3.8, 4) is 5.75 Å². The topological polar surface area (TPSA) is 83.5 Å². The molecule has 4 N–H and O–H groups in total. The van der Waals surface area contributed by atoms with E-state index in [0.717, 1.165) is 29.1 Å². The van der Waals surface area contributed by atoms with Gasteiger partial charge in [-0.25, -0.2) is 0 Å². The van der Waals surface area contributed by atoms with Crippen LogP contribution in [0.1, 0.15) is 59.6 Å². The Bertz CT molecular complexity index is 855. The summed E-state index contributed by atoms with van der Waals surface area (Å²) in [5.74, 6) is -0.380. The third-order valence-electron chi connectivity index (χ3n) is 4.99. The lowest BCUT2D eigenvalue weighted by Crippen LogP contribution is -2.44. The molecule has 31 heavy (non-hydrogen) atoms. The van der Waals surface area contributed by atoms with Crippen molar-refractivity contribution in [1.82, 2.24) is 0 Å². The molecule has 2 aromatic carbocycles. The van der Waals surface area contributed by atoms with Gasteiger partial charge in [0, 0.05) is 28.6 Å². The summed E-state index contributed by atoms with van der Waals surface area (Å²) >= 11 is 1.92. The Morgan fingerprint density at radius 1 is 0.968 bits per heavy atom. The Labute approximate surface area is 193 Å². The van der Waals surface area contributed by atoms with E-state index in [1.54, 1.807) is 0 Å². The zero-order chi connectivity index (χ0) is 24.2. The molecule has 0 saturated carbocycles. The SMILES string of the molecule is CC(=O)O.CC(C)(C)c1cc(SC[Si](C)(C)c2ccc(N)cc2)cc(C(C)(C)C)c1O. The number of benzene rings is 2. The van der Waals surface area contributed by atoms with E-state index in [4.69, 9.17) is 15.6 Å². The number of phenolic OH excluding ortho intramolecular Hbond substituents is 1. The number of nitrogen functional groups attached to an aromatic ring is 1. The highest BCUT2D eigenvalue weighted by molar-refractivity contribution is 8.01. The fourth-order valence-electron chi connectivity index (χ4n) is 3.12. The number of rotatable bonds is 4. The van der Waals surface area contributed by atoms with Crippen LogP contribution in [-0.4, -0.2) is 29.6 Å². The maximum absolute atomic E-state index is 10.9. The molecular formula is C25H39NO3SSi. The van der Waals surface area contributed by atoms with Gasteiger partial charge in [-0.3, -0.25) is 4.79 Å². The molecule has 2 aromatic rings. The maximum Gasteiger partial charge on any atom is 0.300 e. The first-order chi connectivity index (χ1) is 13.9. The van der Waals surface area contributed by atoms with Crippen LogP contribution in [0.2, 0.25) is 13.1 Å². The summed E-state index contributed by atoms with van der Waals surface area (Å²) in [5.41, 5.74) is 8.55. The number of hydrogen-bond donors (Lipinski definition) is 3. The highest BCUT2D eigenvalue weighted by atomic mass is 32.2. The van der Waals surface area contributed by atoms with E-state index in [2.05, 4.69) is 78.9 Å². The minimum Gasteiger partial charge on any atom is -0.507 e. The standard InChI is InChI=1S/C23H35NOSSi.C2H4O2/c1-22(2,3)19-13-17(14-20(21(19)25)23(4,5)6)26-15-27(7,8)18-11-9-16(24)10-12-18;1-2(3)4/h9-14,25H,15,24H2,1-8H3;1H3,(H,3,4). The average Bonchev–Trinajstić information content (AvgIpc) is 2.58. The average molecular weight is 462 g/mol. The fraction of sp³-hybridized carbons (Fsp3) is 0.480. The van der Waals surface area contributed by atoms with Crippen LogP contribution in [-0.2, 0) is 15.6 Å². The number of carboxylic acid groups (broad SMARTS) is 1. The molecule has 0 aliphatic carbocycles. The minimum absolute atomic E-state index is 0.0927. The normalized spacial score (nSPS) is 12.2. The Balaban J connectivity index is 0.00000110. The number of aliphatic carboxylic acids is 1. The monoisotopic (exact) mass is 461 g/mol. The van der Waals surface area contributed by atoms with Gasteiger partial charge < -0.3 is 15.9 Å². The van der Waals surface area contributed by atoms with E-state index in [9.17, 15) is 5.11 Å². The molecule has 0 aromatic heterocycles. The number of anilines is 1. The Morgan fingerprint density at radius 3 is 1.71 bits per heavy atom. The van der Waals surface area contributed by atoms with Gasteiger partial charge in [-0.1, -0.05) is 72.0 Å². The van der Waals surface area contributed by atoms with Gasteiger partial charge >= 0.3 is 0 Å². The lowest BCUT2D eigenvalue weighted by Gasteiger charge is -2.29. The summed E-state index contributed by atoms with van der Waals surface area (Å²) in [5, 5.41) is 20.8. The van der Waals surface area contributed by atoms with Gasteiger partial charge in [0.2, 0.25) is 0 Å². The van der Waals surface area contributed by atoms with Crippen LogP contribution < -0.4 is 10.9 Å². The van der Waals surface area contributed by atoms with Crippen LogP contribution in [0.3, 0.4) is 0 Å². The smallest absolute Gasteiger partial charge is 0.300 e. The van der Waals surface area contributed by atoms with Crippen LogP contribution in [0, 0.1) is 0 Å². The van der Waals surface area contributed by atoms with E-state index in [0.29, 0.717) is 5.75 Å². The third-order valence-corrected chi connectivity index (χ3v) is 10.9. The fourth-order valence-corrected chi connectivity index (χ4v) is 7.36. The largest absolute Gasteiger partial charge is 0.507 e. The van der Waals surface area contributed by atoms with Crippen LogP contribution in [0.4, 0.5) is 5.69 Å². The van der Waals surface area contributed by atoms with E-state index < -0.39 is 14.0 Å². The number of carbonyl (C=O) groups is 1. The molecule has 4 nitrogen and oxygen atoms in total. The second-order valence-corrected chi connectivity index (χ2v) is 16.9. The summed E-state index contributed by atoms with van der Waals surface area (Å²) in [7, 11) is -1.58. The first-order valence-electron chi connectivity index (χ1n) is 10.5. The molecule has 0 saturated heterocycles. The van der Waals surface area contributed by atoms with E-state index >= 15 is 0 Å². The third kappa shape index (κ3) is 8.26. The van der Waals surface area contributed by atoms with Crippen LogP contribution >= 0.6 is 11.8 Å². The predicted octanol–water partition coefficient (Wildman–Crippen LogP) is 5.91. The highest BCUT2D eigenvalue weighted by Crippen LogP contribution is 2.42. The summed E-state index contributed by atoms with van der Waals surface area (Å²) in [6.07, 6.45) is 0. The number of thioether (sulfide) groups is 1. The van der Waals surface area contributed by atoms with Crippen molar-refractivity contribution >= 4 is 36.7 Å². The van der Waals surface area contributed by atoms with E-state index in [1.807, 2.05) is 23.9 Å². The number of phenols is 1. The van der Waals surface area contributed by atoms with Crippen LogP contribution in [0.15, 0.2) is 41.3 Å². The van der Waals surface area contributed by atoms with Crippen molar-refractivity contribution in [2.24, 2.45) is 0 Å². The molecule has 0 amide bonds. The van der Waals surface area contributed by atoms with E-state index in [1.165, 1.54) is 10.1 Å². The maximum atomic E-state index is 10.9. The Morgan fingerprint density at radius 2 is 1.35 bits per heavy atom. The van der Waals surface area contributed by atoms with Crippen LogP contribution in [0.25, 0.3) is 0 Å². The minimum atomic E-state index is -1.58. The first-order valence-corrected chi connectivity index (χ1v) is 14.7. The summed E-state index contributed by atoms with van der Waals surface area (Å²) in [6.45, 7) is 18.9. The number of aromatic hydroxyl groups is 1. The molecule has 2 rings (SSSR count). The molecule has 0 unspecified atom stereocenters. The summed E-state index contributed by atoms with van der Waals surface area (Å²) in [4.78, 5) is 10.2. The van der Waals surface area contributed by atoms with Gasteiger partial charge in [0.15, 0.2) is 0 Å². The highest BCUT2D eigenvalue weighted by Gasteiger charge is 2.28. The van der Waals surface area contributed by atoms with Gasteiger partial charge in [0.1, 0.15) is 5.75 Å². The van der Waals surface area contributed by atoms with Gasteiger partial charge in [-0.05, 0) is 40.5 Å². The molecule has 0 aliphatic heterocycles. The van der Waals surface area contributed by atoms with Gasteiger partial charge in [-0.15, -0.1) is 11.8 Å². The van der Waals surface area contributed by atoms with Crippen molar-refractivity contribution in [3.05, 3.63) is 47.5 Å². The number of carboxylic acids is 1. The second-order valence-electron chi connectivity index (χ2n) is 10.7. The lowest BCUT2D eigenvalue weighted by molar-refractivity contribution is -0.134. The quantitative estimate of drug-likeness (QED) is 0.300. The molecule has 0 spiro atoms. The van der Waals surface area contributed by atoms with Crippen molar-refractivity contribution in [2.75, 3.05) is 11.1 Å². The van der Waals surface area contributed by atoms with Crippen molar-refractivity contribution in [1.29, 1.82) is 0 Å². The van der Waals surface area contributed by atoms with Crippen LogP contribution in [0.5, 0.6) is 5.75 Å². The molecule has 0 fully saturated rings. The molecule has 0 aliphatic rings. The number of nitrogens with two attached hydrogens (primary N) is 1. The summed E-state index contributed by atoms with van der Waals surface area (Å²) < 4.78 is 0. The second kappa shape index (κ2) is 10.1. The van der Waals surface area contributed by atoms with Crippen molar-refractivity contribution in [3.63, 3.8) is 0 Å². The molecule has 0 bridgehead atoms. The van der Waals surface area contributed by atoms with Gasteiger partial charge in [0.05, 0.1) is 8.07 Å². The Hall–Kier alpha value is -1.92. The molecule has 0 atom stereocenters. The van der Waals surface area contributed by atoms with Crippen molar-refractivity contribution in [2.45, 2.75) is 77.3 Å². The molecule has 0 heterocycles. The zero-order valence-corrected chi connectivity index (χ0v) is 22.3. The Kier molecular flexibility index (Phi) is 8.86. The van der Waals surface area contributed by atoms with Gasteiger partial charge in [0.25, 0.3) is 5.97 Å². The zero-order valence-electron chi connectivity index (χ0n) is 20.5. The predicted molar refractivity (Wildman–Crippen MR) is 138 cm³/mol. The van der Waals surface area contributed by atoms with Gasteiger partial charge in [-0.2, -0.15) is 0 Å². The molecule has 172 valence electrons.